The molecule has 0 heterocycles. The average molecular weight is 180 g/mol. The first-order valence-corrected chi connectivity index (χ1v) is 4.09. The number of aromatic hydroxyl groups is 1. The second-order valence-corrected chi connectivity index (χ2v) is 3.00. The molecule has 1 aromatic rings. The van der Waals surface area contributed by atoms with Crippen LogP contribution in [-0.2, 0) is 4.74 Å². The molecule has 3 nitrogen and oxygen atoms in total. The second kappa shape index (κ2) is 3.94. The quantitative estimate of drug-likeness (QED) is 0.707. The zero-order valence-electron chi connectivity index (χ0n) is 7.65. The van der Waals surface area contributed by atoms with Gasteiger partial charge in [-0.1, -0.05) is 6.07 Å². The Labute approximate surface area is 77.0 Å². The summed E-state index contributed by atoms with van der Waals surface area (Å²) in [4.78, 5) is 11.3. The highest BCUT2D eigenvalue weighted by atomic mass is 16.5. The fourth-order valence-corrected chi connectivity index (χ4v) is 0.915. The van der Waals surface area contributed by atoms with E-state index in [1.54, 1.807) is 26.0 Å². The number of phenolic OH excluding ortho intramolecular Hbond substituents is 1. The Bertz CT molecular complexity index is 305. The van der Waals surface area contributed by atoms with Crippen LogP contribution < -0.4 is 0 Å². The van der Waals surface area contributed by atoms with Crippen molar-refractivity contribution in [1.82, 2.24) is 0 Å². The van der Waals surface area contributed by atoms with Crippen molar-refractivity contribution in [3.63, 3.8) is 0 Å². The van der Waals surface area contributed by atoms with Crippen molar-refractivity contribution in [2.75, 3.05) is 0 Å². The summed E-state index contributed by atoms with van der Waals surface area (Å²) in [5.41, 5.74) is 0.369. The van der Waals surface area contributed by atoms with E-state index < -0.39 is 5.97 Å². The van der Waals surface area contributed by atoms with Gasteiger partial charge < -0.3 is 9.84 Å². The summed E-state index contributed by atoms with van der Waals surface area (Å²) in [6.45, 7) is 3.56. The number of carbonyl (C=O) groups excluding carboxylic acids is 1. The van der Waals surface area contributed by atoms with E-state index in [1.165, 1.54) is 12.1 Å². The maximum absolute atomic E-state index is 11.3. The molecular formula is C10H12O3. The molecule has 0 atom stereocenters. The predicted octanol–water partition coefficient (Wildman–Crippen LogP) is 1.96. The minimum Gasteiger partial charge on any atom is -0.508 e. The lowest BCUT2D eigenvalue weighted by molar-refractivity contribution is 0.0377. The molecule has 70 valence electrons. The van der Waals surface area contributed by atoms with Crippen molar-refractivity contribution in [1.29, 1.82) is 0 Å². The van der Waals surface area contributed by atoms with Crippen LogP contribution in [0.25, 0.3) is 0 Å². The van der Waals surface area contributed by atoms with Gasteiger partial charge in [0.05, 0.1) is 11.7 Å². The number of phenols is 1. The van der Waals surface area contributed by atoms with Crippen molar-refractivity contribution in [3.05, 3.63) is 29.8 Å². The van der Waals surface area contributed by atoms with E-state index in [1.807, 2.05) is 0 Å². The fraction of sp³-hybridized carbons (Fsp3) is 0.300. The molecule has 3 heteroatoms. The summed E-state index contributed by atoms with van der Waals surface area (Å²) in [6.07, 6.45) is -0.144. The van der Waals surface area contributed by atoms with E-state index in [4.69, 9.17) is 9.84 Å². The monoisotopic (exact) mass is 180 g/mol. The highest BCUT2D eigenvalue weighted by Crippen LogP contribution is 2.12. The van der Waals surface area contributed by atoms with Crippen molar-refractivity contribution >= 4 is 5.97 Å². The molecule has 0 saturated carbocycles. The van der Waals surface area contributed by atoms with Crippen LogP contribution in [0.5, 0.6) is 5.75 Å². The van der Waals surface area contributed by atoms with E-state index >= 15 is 0 Å². The van der Waals surface area contributed by atoms with Gasteiger partial charge in [-0.3, -0.25) is 0 Å². The highest BCUT2D eigenvalue weighted by Gasteiger charge is 2.08. The van der Waals surface area contributed by atoms with Gasteiger partial charge in [0, 0.05) is 0 Å². The molecule has 1 rings (SSSR count). The van der Waals surface area contributed by atoms with Crippen molar-refractivity contribution < 1.29 is 14.6 Å². The number of hydrogen-bond acceptors (Lipinski definition) is 3. The lowest BCUT2D eigenvalue weighted by Crippen LogP contribution is -2.11. The second-order valence-electron chi connectivity index (χ2n) is 3.00. The molecule has 0 aromatic heterocycles. The van der Waals surface area contributed by atoms with Gasteiger partial charge in [-0.2, -0.15) is 0 Å². The van der Waals surface area contributed by atoms with E-state index in [2.05, 4.69) is 0 Å². The first-order chi connectivity index (χ1) is 6.09. The van der Waals surface area contributed by atoms with Gasteiger partial charge in [-0.25, -0.2) is 4.79 Å². The summed E-state index contributed by atoms with van der Waals surface area (Å²) in [5, 5.41) is 9.09. The Morgan fingerprint density at radius 1 is 1.46 bits per heavy atom. The number of hydrogen-bond donors (Lipinski definition) is 1. The van der Waals surface area contributed by atoms with Crippen LogP contribution >= 0.6 is 0 Å². The number of ether oxygens (including phenoxy) is 1. The Morgan fingerprint density at radius 3 is 2.69 bits per heavy atom. The van der Waals surface area contributed by atoms with E-state index in [-0.39, 0.29) is 11.9 Å². The molecule has 1 aromatic carbocycles. The zero-order chi connectivity index (χ0) is 9.84. The third-order valence-electron chi connectivity index (χ3n) is 1.42. The molecule has 0 saturated heterocycles. The van der Waals surface area contributed by atoms with Crippen LogP contribution in [-0.4, -0.2) is 17.2 Å². The molecule has 0 unspecified atom stereocenters. The summed E-state index contributed by atoms with van der Waals surface area (Å²) in [5.74, 6) is -0.343. The molecule has 0 bridgehead atoms. The number of esters is 1. The van der Waals surface area contributed by atoms with Crippen LogP contribution in [0.15, 0.2) is 24.3 Å². The van der Waals surface area contributed by atoms with Gasteiger partial charge in [0.25, 0.3) is 0 Å². The molecule has 0 aliphatic carbocycles. The molecule has 0 spiro atoms. The first kappa shape index (κ1) is 9.58. The van der Waals surface area contributed by atoms with Crippen LogP contribution in [0.2, 0.25) is 0 Å². The van der Waals surface area contributed by atoms with E-state index in [9.17, 15) is 4.79 Å². The normalized spacial score (nSPS) is 10.1. The lowest BCUT2D eigenvalue weighted by Gasteiger charge is -2.07. The molecular weight excluding hydrogens is 168 g/mol. The summed E-state index contributed by atoms with van der Waals surface area (Å²) < 4.78 is 4.94. The largest absolute Gasteiger partial charge is 0.508 e. The first-order valence-electron chi connectivity index (χ1n) is 4.09. The minimum absolute atomic E-state index is 0.0678. The Morgan fingerprint density at radius 2 is 2.15 bits per heavy atom. The van der Waals surface area contributed by atoms with Crippen molar-refractivity contribution in [2.24, 2.45) is 0 Å². The van der Waals surface area contributed by atoms with E-state index in [0.717, 1.165) is 0 Å². The molecule has 0 aliphatic rings. The van der Waals surface area contributed by atoms with Gasteiger partial charge in [0.1, 0.15) is 5.75 Å². The summed E-state index contributed by atoms with van der Waals surface area (Å²) in [7, 11) is 0. The molecule has 0 radical (unpaired) electrons. The van der Waals surface area contributed by atoms with Crippen molar-refractivity contribution in [3.8, 4) is 5.75 Å². The third-order valence-corrected chi connectivity index (χ3v) is 1.42. The zero-order valence-corrected chi connectivity index (χ0v) is 7.65. The number of carbonyl (C=O) groups is 1. The standard InChI is InChI=1S/C10H12O3/c1-7(2)13-10(12)8-4-3-5-9(11)6-8/h3-7,11H,1-2H3. The Hall–Kier alpha value is -1.51. The van der Waals surface area contributed by atoms with Gasteiger partial charge in [0.2, 0.25) is 0 Å². The maximum atomic E-state index is 11.3. The fourth-order valence-electron chi connectivity index (χ4n) is 0.915. The molecule has 0 amide bonds. The Kier molecular flexibility index (Phi) is 2.90. The maximum Gasteiger partial charge on any atom is 0.338 e. The van der Waals surface area contributed by atoms with E-state index in [0.29, 0.717) is 5.56 Å². The summed E-state index contributed by atoms with van der Waals surface area (Å²) >= 11 is 0. The van der Waals surface area contributed by atoms with Crippen molar-refractivity contribution in [2.45, 2.75) is 20.0 Å². The van der Waals surface area contributed by atoms with Crippen LogP contribution in [0, 0.1) is 0 Å². The number of rotatable bonds is 2. The van der Waals surface area contributed by atoms with Gasteiger partial charge in [0.15, 0.2) is 0 Å². The topological polar surface area (TPSA) is 46.5 Å². The van der Waals surface area contributed by atoms with Gasteiger partial charge in [-0.05, 0) is 32.0 Å². The van der Waals surface area contributed by atoms with Gasteiger partial charge >= 0.3 is 5.97 Å². The average Bonchev–Trinajstić information content (AvgIpc) is 2.03. The SMILES string of the molecule is CC(C)OC(=O)c1cccc(O)c1. The summed E-state index contributed by atoms with van der Waals surface area (Å²) in [6, 6.07) is 6.09. The van der Waals surface area contributed by atoms with Crippen LogP contribution in [0.4, 0.5) is 0 Å². The van der Waals surface area contributed by atoms with Gasteiger partial charge in [-0.15, -0.1) is 0 Å². The lowest BCUT2D eigenvalue weighted by atomic mass is 10.2. The highest BCUT2D eigenvalue weighted by molar-refractivity contribution is 5.89. The number of benzene rings is 1. The predicted molar refractivity (Wildman–Crippen MR) is 48.7 cm³/mol. The molecule has 0 aliphatic heterocycles. The Balaban J connectivity index is 2.77. The van der Waals surface area contributed by atoms with Crippen LogP contribution in [0.3, 0.4) is 0 Å². The minimum atomic E-state index is -0.411. The molecule has 13 heavy (non-hydrogen) atoms. The smallest absolute Gasteiger partial charge is 0.338 e. The van der Waals surface area contributed by atoms with Crippen LogP contribution in [0.1, 0.15) is 24.2 Å². The molecule has 0 fully saturated rings. The molecule has 1 N–H and O–H groups in total. The third kappa shape index (κ3) is 2.78.